The van der Waals surface area contributed by atoms with Crippen molar-refractivity contribution in [2.45, 2.75) is 39.8 Å². The zero-order valence-corrected chi connectivity index (χ0v) is 10.9. The Morgan fingerprint density at radius 1 is 1.47 bits per heavy atom. The monoisotopic (exact) mass is 236 g/mol. The van der Waals surface area contributed by atoms with Crippen molar-refractivity contribution in [3.8, 4) is 0 Å². The molecule has 2 heterocycles. The van der Waals surface area contributed by atoms with Crippen molar-refractivity contribution in [2.75, 3.05) is 6.54 Å². The van der Waals surface area contributed by atoms with Crippen LogP contribution < -0.4 is 5.32 Å². The van der Waals surface area contributed by atoms with Crippen molar-refractivity contribution in [1.29, 1.82) is 0 Å². The Morgan fingerprint density at radius 2 is 2.18 bits per heavy atom. The number of fused-ring (bicyclic) bond motifs is 1. The molecule has 1 aliphatic rings. The minimum absolute atomic E-state index is 0.0181. The summed E-state index contributed by atoms with van der Waals surface area (Å²) in [5, 5.41) is 7.33. The molecule has 2 amide bonds. The molecule has 0 spiro atoms. The average Bonchev–Trinajstić information content (AvgIpc) is 2.53. The second kappa shape index (κ2) is 4.39. The summed E-state index contributed by atoms with van der Waals surface area (Å²) in [7, 11) is 1.94. The Morgan fingerprint density at radius 3 is 2.82 bits per heavy atom. The van der Waals surface area contributed by atoms with Crippen LogP contribution in [0.25, 0.3) is 0 Å². The molecule has 0 aliphatic carbocycles. The van der Waals surface area contributed by atoms with E-state index in [0.29, 0.717) is 6.54 Å². The van der Waals surface area contributed by atoms with Gasteiger partial charge in [-0.1, -0.05) is 0 Å². The molecule has 5 heteroatoms. The molecule has 17 heavy (non-hydrogen) atoms. The molecule has 1 aromatic rings. The van der Waals surface area contributed by atoms with Gasteiger partial charge >= 0.3 is 6.03 Å². The highest BCUT2D eigenvalue weighted by atomic mass is 16.2. The van der Waals surface area contributed by atoms with E-state index < -0.39 is 0 Å². The topological polar surface area (TPSA) is 50.2 Å². The lowest BCUT2D eigenvalue weighted by Crippen LogP contribution is -2.45. The SMILES string of the molecule is Cc1nn(C)c2c1CCN(C(=O)NC(C)C)C2. The van der Waals surface area contributed by atoms with Gasteiger partial charge < -0.3 is 10.2 Å². The molecular formula is C12H20N4O. The molecule has 0 radical (unpaired) electrons. The van der Waals surface area contributed by atoms with Crippen molar-refractivity contribution < 1.29 is 4.79 Å². The Labute approximate surface area is 102 Å². The minimum Gasteiger partial charge on any atom is -0.336 e. The van der Waals surface area contributed by atoms with Crippen LogP contribution in [-0.4, -0.2) is 33.3 Å². The molecule has 0 bridgehead atoms. The molecule has 94 valence electrons. The first-order chi connectivity index (χ1) is 7.99. The maximum Gasteiger partial charge on any atom is 0.317 e. The van der Waals surface area contributed by atoms with Crippen molar-refractivity contribution >= 4 is 6.03 Å². The highest BCUT2D eigenvalue weighted by molar-refractivity contribution is 5.74. The van der Waals surface area contributed by atoms with Crippen LogP contribution in [0.5, 0.6) is 0 Å². The van der Waals surface area contributed by atoms with Gasteiger partial charge in [0.05, 0.1) is 17.9 Å². The summed E-state index contributed by atoms with van der Waals surface area (Å²) >= 11 is 0. The Kier molecular flexibility index (Phi) is 3.09. The van der Waals surface area contributed by atoms with Crippen LogP contribution in [0.2, 0.25) is 0 Å². The molecule has 0 saturated heterocycles. The Hall–Kier alpha value is -1.52. The summed E-state index contributed by atoms with van der Waals surface area (Å²) in [6.07, 6.45) is 0.903. The van der Waals surface area contributed by atoms with Crippen LogP contribution >= 0.6 is 0 Å². The van der Waals surface area contributed by atoms with Gasteiger partial charge in [-0.3, -0.25) is 4.68 Å². The molecule has 1 aromatic heterocycles. The lowest BCUT2D eigenvalue weighted by molar-refractivity contribution is 0.188. The zero-order valence-electron chi connectivity index (χ0n) is 10.9. The molecule has 0 fully saturated rings. The first-order valence-electron chi connectivity index (χ1n) is 6.06. The fourth-order valence-corrected chi connectivity index (χ4v) is 2.29. The Balaban J connectivity index is 2.13. The second-order valence-electron chi connectivity index (χ2n) is 4.91. The molecule has 2 rings (SSSR count). The van der Waals surface area contributed by atoms with Gasteiger partial charge in [0.25, 0.3) is 0 Å². The maximum atomic E-state index is 11.9. The lowest BCUT2D eigenvalue weighted by Gasteiger charge is -2.28. The van der Waals surface area contributed by atoms with Crippen molar-refractivity contribution in [2.24, 2.45) is 7.05 Å². The van der Waals surface area contributed by atoms with E-state index >= 15 is 0 Å². The number of carbonyl (C=O) groups is 1. The van der Waals surface area contributed by atoms with Crippen molar-refractivity contribution in [3.63, 3.8) is 0 Å². The third-order valence-corrected chi connectivity index (χ3v) is 3.15. The third kappa shape index (κ3) is 2.28. The summed E-state index contributed by atoms with van der Waals surface area (Å²) in [5.41, 5.74) is 3.56. The maximum absolute atomic E-state index is 11.9. The molecule has 5 nitrogen and oxygen atoms in total. The van der Waals surface area contributed by atoms with Gasteiger partial charge in [-0.15, -0.1) is 0 Å². The number of aryl methyl sites for hydroxylation is 2. The van der Waals surface area contributed by atoms with Crippen LogP contribution in [0.1, 0.15) is 30.8 Å². The molecule has 0 atom stereocenters. The molecule has 0 aromatic carbocycles. The minimum atomic E-state index is 0.0181. The van der Waals surface area contributed by atoms with Crippen LogP contribution in [0, 0.1) is 6.92 Å². The van der Waals surface area contributed by atoms with E-state index in [1.54, 1.807) is 0 Å². The highest BCUT2D eigenvalue weighted by Crippen LogP contribution is 2.21. The molecule has 1 aliphatic heterocycles. The largest absolute Gasteiger partial charge is 0.336 e. The van der Waals surface area contributed by atoms with Gasteiger partial charge in [0, 0.05) is 19.6 Å². The highest BCUT2D eigenvalue weighted by Gasteiger charge is 2.25. The van der Waals surface area contributed by atoms with Gasteiger partial charge in [0.2, 0.25) is 0 Å². The quantitative estimate of drug-likeness (QED) is 0.796. The van der Waals surface area contributed by atoms with E-state index in [1.165, 1.54) is 5.56 Å². The number of rotatable bonds is 1. The third-order valence-electron chi connectivity index (χ3n) is 3.15. The van der Waals surface area contributed by atoms with E-state index in [0.717, 1.165) is 24.4 Å². The number of aromatic nitrogens is 2. The number of nitrogens with zero attached hydrogens (tertiary/aromatic N) is 3. The summed E-state index contributed by atoms with van der Waals surface area (Å²) in [6.45, 7) is 7.41. The number of amides is 2. The summed E-state index contributed by atoms with van der Waals surface area (Å²) in [5.74, 6) is 0. The predicted octanol–water partition coefficient (Wildman–Crippen LogP) is 1.20. The first kappa shape index (κ1) is 12.0. The van der Waals surface area contributed by atoms with Crippen LogP contribution in [0.4, 0.5) is 4.79 Å². The standard InChI is InChI=1S/C12H20N4O/c1-8(2)13-12(17)16-6-5-10-9(3)14-15(4)11(10)7-16/h8H,5-7H2,1-4H3,(H,13,17). The van der Waals surface area contributed by atoms with Gasteiger partial charge in [-0.05, 0) is 32.8 Å². The van der Waals surface area contributed by atoms with E-state index in [9.17, 15) is 4.79 Å². The van der Waals surface area contributed by atoms with Gasteiger partial charge in [0.1, 0.15) is 0 Å². The van der Waals surface area contributed by atoms with E-state index in [4.69, 9.17) is 0 Å². The number of nitrogens with one attached hydrogen (secondary N) is 1. The average molecular weight is 236 g/mol. The second-order valence-corrected chi connectivity index (χ2v) is 4.91. The molecule has 0 saturated carbocycles. The van der Waals surface area contributed by atoms with E-state index in [-0.39, 0.29) is 12.1 Å². The number of urea groups is 1. The van der Waals surface area contributed by atoms with Crippen LogP contribution in [0.15, 0.2) is 0 Å². The van der Waals surface area contributed by atoms with Crippen molar-refractivity contribution in [1.82, 2.24) is 20.0 Å². The van der Waals surface area contributed by atoms with E-state index in [1.807, 2.05) is 37.4 Å². The lowest BCUT2D eigenvalue weighted by atomic mass is 10.1. The summed E-state index contributed by atoms with van der Waals surface area (Å²) < 4.78 is 1.89. The zero-order chi connectivity index (χ0) is 12.6. The number of hydrogen-bond acceptors (Lipinski definition) is 2. The van der Waals surface area contributed by atoms with Crippen LogP contribution in [0.3, 0.4) is 0 Å². The molecule has 0 unspecified atom stereocenters. The molecular weight excluding hydrogens is 216 g/mol. The van der Waals surface area contributed by atoms with Crippen LogP contribution in [-0.2, 0) is 20.0 Å². The number of hydrogen-bond donors (Lipinski definition) is 1. The fourth-order valence-electron chi connectivity index (χ4n) is 2.29. The van der Waals surface area contributed by atoms with Gasteiger partial charge in [-0.2, -0.15) is 5.10 Å². The number of carbonyl (C=O) groups excluding carboxylic acids is 1. The fraction of sp³-hybridized carbons (Fsp3) is 0.667. The smallest absolute Gasteiger partial charge is 0.317 e. The normalized spacial score (nSPS) is 15.0. The predicted molar refractivity (Wildman–Crippen MR) is 65.7 cm³/mol. The summed E-state index contributed by atoms with van der Waals surface area (Å²) in [6, 6.07) is 0.196. The van der Waals surface area contributed by atoms with Gasteiger partial charge in [0.15, 0.2) is 0 Å². The summed E-state index contributed by atoms with van der Waals surface area (Å²) in [4.78, 5) is 13.8. The first-order valence-corrected chi connectivity index (χ1v) is 6.06. The molecule has 1 N–H and O–H groups in total. The van der Waals surface area contributed by atoms with E-state index in [2.05, 4.69) is 10.4 Å². The Bertz CT molecular complexity index is 436. The van der Waals surface area contributed by atoms with Crippen molar-refractivity contribution in [3.05, 3.63) is 17.0 Å². The van der Waals surface area contributed by atoms with Gasteiger partial charge in [-0.25, -0.2) is 4.79 Å².